The number of ether oxygens (including phenoxy) is 2. The van der Waals surface area contributed by atoms with Gasteiger partial charge in [0.05, 0.1) is 32.0 Å². The van der Waals surface area contributed by atoms with Crippen molar-refractivity contribution in [2.24, 2.45) is 0 Å². The van der Waals surface area contributed by atoms with Gasteiger partial charge in [0.15, 0.2) is 6.29 Å². The standard InChI is InChI=1S/C12H24O10/c13-2-5(16)1-7(6(17)3-14)21-12-11(20)10(19)9(18)8(4-15)22-12/h5-20H,1-4H2/t5-,6-,7+,8-,9+,10+,11-,12-/m1/s1. The minimum absolute atomic E-state index is 0.271. The molecular weight excluding hydrogens is 304 g/mol. The van der Waals surface area contributed by atoms with Gasteiger partial charge in [-0.05, 0) is 0 Å². The molecule has 132 valence electrons. The predicted molar refractivity (Wildman–Crippen MR) is 69.4 cm³/mol. The molecule has 1 rings (SSSR count). The Hall–Kier alpha value is -0.400. The van der Waals surface area contributed by atoms with E-state index in [1.807, 2.05) is 0 Å². The van der Waals surface area contributed by atoms with Gasteiger partial charge in [-0.1, -0.05) is 0 Å². The Bertz CT molecular complexity index is 314. The van der Waals surface area contributed by atoms with Crippen molar-refractivity contribution in [3.8, 4) is 0 Å². The van der Waals surface area contributed by atoms with Gasteiger partial charge in [0, 0.05) is 6.42 Å². The highest BCUT2D eigenvalue weighted by molar-refractivity contribution is 4.89. The second-order valence-corrected chi connectivity index (χ2v) is 5.19. The molecule has 0 unspecified atom stereocenters. The number of hydrogen-bond donors (Lipinski definition) is 8. The van der Waals surface area contributed by atoms with E-state index in [-0.39, 0.29) is 6.42 Å². The van der Waals surface area contributed by atoms with E-state index in [9.17, 15) is 25.5 Å². The summed E-state index contributed by atoms with van der Waals surface area (Å²) >= 11 is 0. The normalized spacial score (nSPS) is 36.8. The van der Waals surface area contributed by atoms with Crippen LogP contribution in [-0.2, 0) is 9.47 Å². The summed E-state index contributed by atoms with van der Waals surface area (Å²) in [6.45, 7) is -1.95. The SMILES string of the molecule is OC[C@H](O)C[C@H](O[C@@H]1O[C@H](CO)[C@H](O)[C@H](O)[C@H]1O)[C@H](O)CO. The van der Waals surface area contributed by atoms with Gasteiger partial charge in [-0.2, -0.15) is 0 Å². The quantitative estimate of drug-likeness (QED) is 0.215. The molecule has 10 nitrogen and oxygen atoms in total. The third kappa shape index (κ3) is 4.80. The molecule has 8 N–H and O–H groups in total. The number of rotatable bonds is 8. The first kappa shape index (κ1) is 19.6. The van der Waals surface area contributed by atoms with E-state index in [1.54, 1.807) is 0 Å². The first-order valence-corrected chi connectivity index (χ1v) is 6.89. The van der Waals surface area contributed by atoms with Gasteiger partial charge in [0.2, 0.25) is 0 Å². The number of aliphatic hydroxyl groups excluding tert-OH is 8. The van der Waals surface area contributed by atoms with Crippen LogP contribution in [0.4, 0.5) is 0 Å². The van der Waals surface area contributed by atoms with Crippen molar-refractivity contribution in [2.45, 2.75) is 55.4 Å². The van der Waals surface area contributed by atoms with Gasteiger partial charge in [0.25, 0.3) is 0 Å². The van der Waals surface area contributed by atoms with E-state index >= 15 is 0 Å². The Morgan fingerprint density at radius 1 is 0.909 bits per heavy atom. The molecule has 10 heteroatoms. The molecule has 0 bridgehead atoms. The molecule has 0 aromatic carbocycles. The maximum absolute atomic E-state index is 9.82. The van der Waals surface area contributed by atoms with E-state index in [4.69, 9.17) is 24.8 Å². The molecule has 0 aromatic rings. The topological polar surface area (TPSA) is 180 Å². The van der Waals surface area contributed by atoms with E-state index in [2.05, 4.69) is 0 Å². The lowest BCUT2D eigenvalue weighted by Gasteiger charge is -2.41. The summed E-state index contributed by atoms with van der Waals surface area (Å²) in [4.78, 5) is 0. The van der Waals surface area contributed by atoms with Gasteiger partial charge in [-0.15, -0.1) is 0 Å². The van der Waals surface area contributed by atoms with Gasteiger partial charge >= 0.3 is 0 Å². The van der Waals surface area contributed by atoms with Gasteiger partial charge in [-0.3, -0.25) is 0 Å². The van der Waals surface area contributed by atoms with Crippen LogP contribution < -0.4 is 0 Å². The lowest BCUT2D eigenvalue weighted by Crippen LogP contribution is -2.60. The van der Waals surface area contributed by atoms with E-state index in [0.717, 1.165) is 0 Å². The molecule has 0 aliphatic carbocycles. The van der Waals surface area contributed by atoms with E-state index < -0.39 is 68.8 Å². The predicted octanol–water partition coefficient (Wildman–Crippen LogP) is -4.73. The number of hydrogen-bond acceptors (Lipinski definition) is 10. The summed E-state index contributed by atoms with van der Waals surface area (Å²) in [5, 5.41) is 75.0. The molecule has 0 aromatic heterocycles. The summed E-state index contributed by atoms with van der Waals surface area (Å²) < 4.78 is 10.3. The molecule has 22 heavy (non-hydrogen) atoms. The molecule has 8 atom stereocenters. The van der Waals surface area contributed by atoms with Crippen LogP contribution in [0.1, 0.15) is 6.42 Å². The first-order chi connectivity index (χ1) is 10.3. The Labute approximate surface area is 126 Å². The minimum atomic E-state index is -1.67. The average Bonchev–Trinajstić information content (AvgIpc) is 2.53. The minimum Gasteiger partial charge on any atom is -0.394 e. The summed E-state index contributed by atoms with van der Waals surface area (Å²) in [5.74, 6) is 0. The highest BCUT2D eigenvalue weighted by Gasteiger charge is 2.45. The first-order valence-electron chi connectivity index (χ1n) is 6.89. The van der Waals surface area contributed by atoms with Crippen LogP contribution in [0.25, 0.3) is 0 Å². The monoisotopic (exact) mass is 328 g/mol. The highest BCUT2D eigenvalue weighted by Crippen LogP contribution is 2.24. The van der Waals surface area contributed by atoms with Crippen molar-refractivity contribution in [2.75, 3.05) is 19.8 Å². The fourth-order valence-corrected chi connectivity index (χ4v) is 2.12. The van der Waals surface area contributed by atoms with Crippen molar-refractivity contribution in [3.63, 3.8) is 0 Å². The van der Waals surface area contributed by atoms with Crippen molar-refractivity contribution in [1.29, 1.82) is 0 Å². The Kier molecular flexibility index (Phi) is 8.07. The fourth-order valence-electron chi connectivity index (χ4n) is 2.12. The molecule has 0 amide bonds. The molecule has 0 saturated carbocycles. The second kappa shape index (κ2) is 9.03. The van der Waals surface area contributed by atoms with Crippen molar-refractivity contribution in [1.82, 2.24) is 0 Å². The Morgan fingerprint density at radius 2 is 1.55 bits per heavy atom. The molecule has 0 radical (unpaired) electrons. The van der Waals surface area contributed by atoms with Crippen LogP contribution in [0.3, 0.4) is 0 Å². The summed E-state index contributed by atoms with van der Waals surface area (Å²) in [5.41, 5.74) is 0. The van der Waals surface area contributed by atoms with Crippen LogP contribution in [0.5, 0.6) is 0 Å². The third-order valence-corrected chi connectivity index (χ3v) is 3.49. The van der Waals surface area contributed by atoms with Crippen molar-refractivity contribution < 1.29 is 50.3 Å². The van der Waals surface area contributed by atoms with E-state index in [0.29, 0.717) is 0 Å². The van der Waals surface area contributed by atoms with Gasteiger partial charge in [-0.25, -0.2) is 0 Å². The lowest BCUT2D eigenvalue weighted by atomic mass is 9.99. The second-order valence-electron chi connectivity index (χ2n) is 5.19. The zero-order valence-corrected chi connectivity index (χ0v) is 11.8. The van der Waals surface area contributed by atoms with Crippen LogP contribution in [-0.4, -0.2) is 110 Å². The third-order valence-electron chi connectivity index (χ3n) is 3.49. The zero-order chi connectivity index (χ0) is 16.9. The fraction of sp³-hybridized carbons (Fsp3) is 1.00. The molecule has 1 aliphatic rings. The largest absolute Gasteiger partial charge is 0.394 e. The van der Waals surface area contributed by atoms with Crippen molar-refractivity contribution >= 4 is 0 Å². The van der Waals surface area contributed by atoms with Crippen LogP contribution in [0, 0.1) is 0 Å². The maximum atomic E-state index is 9.82. The zero-order valence-electron chi connectivity index (χ0n) is 11.8. The van der Waals surface area contributed by atoms with Crippen molar-refractivity contribution in [3.05, 3.63) is 0 Å². The van der Waals surface area contributed by atoms with Crippen LogP contribution in [0.15, 0.2) is 0 Å². The Balaban J connectivity index is 2.77. The van der Waals surface area contributed by atoms with E-state index in [1.165, 1.54) is 0 Å². The molecule has 1 fully saturated rings. The molecular formula is C12H24O10. The van der Waals surface area contributed by atoms with Crippen LogP contribution in [0.2, 0.25) is 0 Å². The summed E-state index contributed by atoms with van der Waals surface area (Å²) in [7, 11) is 0. The maximum Gasteiger partial charge on any atom is 0.187 e. The smallest absolute Gasteiger partial charge is 0.187 e. The molecule has 1 aliphatic heterocycles. The highest BCUT2D eigenvalue weighted by atomic mass is 16.7. The van der Waals surface area contributed by atoms with Gasteiger partial charge < -0.3 is 50.3 Å². The average molecular weight is 328 g/mol. The molecule has 1 saturated heterocycles. The molecule has 1 heterocycles. The van der Waals surface area contributed by atoms with Gasteiger partial charge in [0.1, 0.15) is 30.5 Å². The Morgan fingerprint density at radius 3 is 2.05 bits per heavy atom. The summed E-state index contributed by atoms with van der Waals surface area (Å²) in [6, 6.07) is 0. The summed E-state index contributed by atoms with van der Waals surface area (Å²) in [6.07, 6.45) is -11.7. The number of aliphatic hydroxyl groups is 8. The van der Waals surface area contributed by atoms with Crippen LogP contribution >= 0.6 is 0 Å². The molecule has 0 spiro atoms. The lowest BCUT2D eigenvalue weighted by molar-refractivity contribution is -0.319.